The lowest BCUT2D eigenvalue weighted by Gasteiger charge is -2.05. The average Bonchev–Trinajstić information content (AvgIpc) is 2.65. The van der Waals surface area contributed by atoms with Gasteiger partial charge in [0.1, 0.15) is 0 Å². The molecule has 0 bridgehead atoms. The van der Waals surface area contributed by atoms with E-state index in [1.54, 1.807) is 0 Å². The molecule has 0 saturated carbocycles. The summed E-state index contributed by atoms with van der Waals surface area (Å²) in [5.74, 6) is -0.640. The summed E-state index contributed by atoms with van der Waals surface area (Å²) in [4.78, 5) is 12.1. The minimum Gasteiger partial charge on any atom is -0.368 e. The fourth-order valence-electron chi connectivity index (χ4n) is 1.16. The molecule has 0 fully saturated rings. The van der Waals surface area contributed by atoms with E-state index in [0.717, 1.165) is 11.3 Å². The molecule has 0 radical (unpaired) electrons. The summed E-state index contributed by atoms with van der Waals surface area (Å²) in [6.45, 7) is 3.68. The van der Waals surface area contributed by atoms with E-state index >= 15 is 0 Å². The number of hydrogen-bond donors (Lipinski definition) is 1. The Hall–Kier alpha value is -0.920. The molecule has 0 aliphatic heterocycles. The maximum atomic E-state index is 11.6. The SMILES string of the molecule is COCS(=O)(=O)c1csc(C(=O)NC(C)C)c1. The number of methoxy groups -OCH3 is 1. The zero-order chi connectivity index (χ0) is 13.1. The maximum absolute atomic E-state index is 11.6. The van der Waals surface area contributed by atoms with E-state index in [9.17, 15) is 13.2 Å². The molecular weight excluding hydrogens is 262 g/mol. The smallest absolute Gasteiger partial charge is 0.261 e. The Kier molecular flexibility index (Phi) is 4.67. The number of nitrogens with one attached hydrogen (secondary N) is 1. The molecule has 0 aliphatic rings. The molecule has 0 aromatic carbocycles. The molecule has 1 aromatic heterocycles. The zero-order valence-electron chi connectivity index (χ0n) is 9.89. The van der Waals surface area contributed by atoms with Crippen LogP contribution in [0.1, 0.15) is 23.5 Å². The number of hydrogen-bond acceptors (Lipinski definition) is 5. The Morgan fingerprint density at radius 2 is 2.18 bits per heavy atom. The van der Waals surface area contributed by atoms with Gasteiger partial charge in [0.15, 0.2) is 5.94 Å². The van der Waals surface area contributed by atoms with Gasteiger partial charge < -0.3 is 10.1 Å². The van der Waals surface area contributed by atoms with Crippen molar-refractivity contribution in [2.24, 2.45) is 0 Å². The summed E-state index contributed by atoms with van der Waals surface area (Å²) >= 11 is 1.11. The predicted octanol–water partition coefficient (Wildman–Crippen LogP) is 1.26. The number of ether oxygens (including phenoxy) is 1. The first kappa shape index (κ1) is 14.1. The van der Waals surface area contributed by atoms with E-state index in [1.807, 2.05) is 13.8 Å². The van der Waals surface area contributed by atoms with E-state index in [2.05, 4.69) is 10.1 Å². The second kappa shape index (κ2) is 5.61. The molecule has 0 spiro atoms. The average molecular weight is 277 g/mol. The number of amides is 1. The van der Waals surface area contributed by atoms with Gasteiger partial charge in [-0.1, -0.05) is 0 Å². The highest BCUT2D eigenvalue weighted by atomic mass is 32.2. The monoisotopic (exact) mass is 277 g/mol. The van der Waals surface area contributed by atoms with Gasteiger partial charge in [-0.2, -0.15) is 0 Å². The highest BCUT2D eigenvalue weighted by molar-refractivity contribution is 7.91. The van der Waals surface area contributed by atoms with Gasteiger partial charge in [-0.15, -0.1) is 11.3 Å². The second-order valence-corrected chi connectivity index (χ2v) is 6.64. The van der Waals surface area contributed by atoms with Gasteiger partial charge in [0.05, 0.1) is 9.77 Å². The van der Waals surface area contributed by atoms with E-state index in [1.165, 1.54) is 18.6 Å². The summed E-state index contributed by atoms with van der Waals surface area (Å²) in [5.41, 5.74) is 0. The van der Waals surface area contributed by atoms with Gasteiger partial charge in [0, 0.05) is 18.5 Å². The zero-order valence-corrected chi connectivity index (χ0v) is 11.5. The Bertz CT molecular complexity index is 490. The Morgan fingerprint density at radius 1 is 1.53 bits per heavy atom. The maximum Gasteiger partial charge on any atom is 0.261 e. The van der Waals surface area contributed by atoms with Crippen molar-refractivity contribution in [1.29, 1.82) is 0 Å². The molecular formula is C10H15NO4S2. The van der Waals surface area contributed by atoms with Crippen LogP contribution in [0.2, 0.25) is 0 Å². The highest BCUT2D eigenvalue weighted by Gasteiger charge is 2.18. The van der Waals surface area contributed by atoms with Crippen molar-refractivity contribution >= 4 is 27.1 Å². The standard InChI is InChI=1S/C10H15NO4S2/c1-7(2)11-10(12)9-4-8(5-16-9)17(13,14)6-15-3/h4-5,7H,6H2,1-3H3,(H,11,12). The summed E-state index contributed by atoms with van der Waals surface area (Å²) < 4.78 is 27.9. The van der Waals surface area contributed by atoms with E-state index in [-0.39, 0.29) is 22.8 Å². The lowest BCUT2D eigenvalue weighted by molar-refractivity contribution is 0.0947. The molecule has 1 rings (SSSR count). The Morgan fingerprint density at radius 3 is 2.71 bits per heavy atom. The highest BCUT2D eigenvalue weighted by Crippen LogP contribution is 2.20. The lowest BCUT2D eigenvalue weighted by Crippen LogP contribution is -2.29. The van der Waals surface area contributed by atoms with Crippen LogP contribution in [0.4, 0.5) is 0 Å². The van der Waals surface area contributed by atoms with Crippen LogP contribution in [-0.4, -0.2) is 33.4 Å². The third-order valence-electron chi connectivity index (χ3n) is 1.85. The van der Waals surface area contributed by atoms with Crippen molar-refractivity contribution in [3.63, 3.8) is 0 Å². The van der Waals surface area contributed by atoms with E-state index in [0.29, 0.717) is 4.88 Å². The van der Waals surface area contributed by atoms with E-state index in [4.69, 9.17) is 0 Å². The first-order chi connectivity index (χ1) is 7.86. The van der Waals surface area contributed by atoms with Crippen LogP contribution in [0.15, 0.2) is 16.3 Å². The molecule has 7 heteroatoms. The quantitative estimate of drug-likeness (QED) is 0.879. The molecule has 96 valence electrons. The number of carbonyl (C=O) groups excluding carboxylic acids is 1. The molecule has 0 saturated heterocycles. The van der Waals surface area contributed by atoms with Crippen molar-refractivity contribution in [1.82, 2.24) is 5.32 Å². The molecule has 0 aliphatic carbocycles. The van der Waals surface area contributed by atoms with Crippen molar-refractivity contribution in [3.05, 3.63) is 16.3 Å². The van der Waals surface area contributed by atoms with Crippen molar-refractivity contribution < 1.29 is 17.9 Å². The fourth-order valence-corrected chi connectivity index (χ4v) is 3.38. The number of thiophene rings is 1. The number of rotatable bonds is 5. The minimum absolute atomic E-state index is 0.0173. The van der Waals surface area contributed by atoms with Crippen LogP contribution in [0.5, 0.6) is 0 Å². The van der Waals surface area contributed by atoms with Gasteiger partial charge in [-0.05, 0) is 19.9 Å². The van der Waals surface area contributed by atoms with Crippen molar-refractivity contribution in [2.75, 3.05) is 13.0 Å². The third kappa shape index (κ3) is 3.79. The van der Waals surface area contributed by atoms with Crippen molar-refractivity contribution in [3.8, 4) is 0 Å². The van der Waals surface area contributed by atoms with E-state index < -0.39 is 9.84 Å². The predicted molar refractivity (Wildman–Crippen MR) is 66.0 cm³/mol. The fraction of sp³-hybridized carbons (Fsp3) is 0.500. The molecule has 0 unspecified atom stereocenters. The molecule has 5 nitrogen and oxygen atoms in total. The first-order valence-corrected chi connectivity index (χ1v) is 7.51. The number of sulfone groups is 1. The van der Waals surface area contributed by atoms with Gasteiger partial charge in [-0.3, -0.25) is 4.79 Å². The van der Waals surface area contributed by atoms with Gasteiger partial charge in [0.2, 0.25) is 9.84 Å². The molecule has 17 heavy (non-hydrogen) atoms. The van der Waals surface area contributed by atoms with Gasteiger partial charge in [-0.25, -0.2) is 8.42 Å². The summed E-state index contributed by atoms with van der Waals surface area (Å²) in [6, 6.07) is 1.39. The van der Waals surface area contributed by atoms with Gasteiger partial charge >= 0.3 is 0 Å². The molecule has 1 N–H and O–H groups in total. The lowest BCUT2D eigenvalue weighted by atomic mass is 10.3. The molecule has 1 aromatic rings. The largest absolute Gasteiger partial charge is 0.368 e. The van der Waals surface area contributed by atoms with Crippen LogP contribution in [-0.2, 0) is 14.6 Å². The summed E-state index contributed by atoms with van der Waals surface area (Å²) in [5, 5.41) is 4.15. The molecule has 1 heterocycles. The summed E-state index contributed by atoms with van der Waals surface area (Å²) in [7, 11) is -2.13. The van der Waals surface area contributed by atoms with Gasteiger partial charge in [0.25, 0.3) is 5.91 Å². The minimum atomic E-state index is -3.44. The topological polar surface area (TPSA) is 72.5 Å². The Labute approximate surface area is 105 Å². The van der Waals surface area contributed by atoms with Crippen LogP contribution in [0, 0.1) is 0 Å². The van der Waals surface area contributed by atoms with Crippen LogP contribution in [0.25, 0.3) is 0 Å². The normalized spacial score (nSPS) is 11.8. The van der Waals surface area contributed by atoms with Crippen LogP contribution in [0.3, 0.4) is 0 Å². The summed E-state index contributed by atoms with van der Waals surface area (Å²) in [6.07, 6.45) is 0. The third-order valence-corrected chi connectivity index (χ3v) is 4.43. The van der Waals surface area contributed by atoms with Crippen molar-refractivity contribution in [2.45, 2.75) is 24.8 Å². The number of carbonyl (C=O) groups is 1. The molecule has 1 amide bonds. The Balaban J connectivity index is 2.89. The van der Waals surface area contributed by atoms with Crippen LogP contribution >= 0.6 is 11.3 Å². The molecule has 0 atom stereocenters. The first-order valence-electron chi connectivity index (χ1n) is 4.98. The second-order valence-electron chi connectivity index (χ2n) is 3.80. The van der Waals surface area contributed by atoms with Crippen LogP contribution < -0.4 is 5.32 Å².